The number of benzene rings is 2. The second-order valence-electron chi connectivity index (χ2n) is 6.61. The molecule has 0 fully saturated rings. The Morgan fingerprint density at radius 1 is 1.09 bits per heavy atom. The van der Waals surface area contributed by atoms with Gasteiger partial charge in [-0.05, 0) is 40.8 Å². The minimum atomic E-state index is -0.791. The third-order valence-corrected chi connectivity index (χ3v) is 3.65. The Kier molecular flexibility index (Phi) is 5.04. The van der Waals surface area contributed by atoms with Crippen LogP contribution in [0.15, 0.2) is 48.5 Å². The van der Waals surface area contributed by atoms with Crippen molar-refractivity contribution in [1.82, 2.24) is 0 Å². The lowest BCUT2D eigenvalue weighted by Gasteiger charge is -2.20. The number of amides is 1. The molecule has 0 aromatic heterocycles. The van der Waals surface area contributed by atoms with Crippen LogP contribution in [0, 0.1) is 5.82 Å². The normalized spacial score (nSPS) is 12.7. The standard InChI is InChI=1S/C19H22FNO2/c1-19(2,3)14-6-4-13(5-7-14)12-17(18(21)22)23-16-10-8-15(20)9-11-16/h4-11,17H,12H2,1-3H3,(H2,21,22). The van der Waals surface area contributed by atoms with Gasteiger partial charge in [-0.15, -0.1) is 0 Å². The van der Waals surface area contributed by atoms with Crippen LogP contribution in [0.2, 0.25) is 0 Å². The molecule has 2 aromatic rings. The highest BCUT2D eigenvalue weighted by molar-refractivity contribution is 5.79. The number of halogens is 1. The Hall–Kier alpha value is -2.36. The van der Waals surface area contributed by atoms with Crippen molar-refractivity contribution in [3.8, 4) is 5.75 Å². The van der Waals surface area contributed by atoms with Gasteiger partial charge in [-0.3, -0.25) is 4.79 Å². The first kappa shape index (κ1) is 17.0. The second kappa shape index (κ2) is 6.82. The maximum atomic E-state index is 12.9. The first-order valence-electron chi connectivity index (χ1n) is 7.56. The molecule has 2 N–H and O–H groups in total. The minimum Gasteiger partial charge on any atom is -0.480 e. The van der Waals surface area contributed by atoms with E-state index in [1.165, 1.54) is 29.8 Å². The van der Waals surface area contributed by atoms with Gasteiger partial charge in [-0.1, -0.05) is 45.0 Å². The molecule has 2 rings (SSSR count). The van der Waals surface area contributed by atoms with E-state index < -0.39 is 12.0 Å². The summed E-state index contributed by atoms with van der Waals surface area (Å²) in [4.78, 5) is 11.6. The number of carbonyl (C=O) groups is 1. The highest BCUT2D eigenvalue weighted by atomic mass is 19.1. The summed E-state index contributed by atoms with van der Waals surface area (Å²) in [6, 6.07) is 13.6. The van der Waals surface area contributed by atoms with Crippen molar-refractivity contribution in [3.05, 3.63) is 65.5 Å². The first-order valence-corrected chi connectivity index (χ1v) is 7.56. The van der Waals surface area contributed by atoms with Crippen molar-refractivity contribution in [2.45, 2.75) is 38.7 Å². The van der Waals surface area contributed by atoms with E-state index in [1.807, 2.05) is 24.3 Å². The average Bonchev–Trinajstić information content (AvgIpc) is 2.48. The molecule has 0 bridgehead atoms. The van der Waals surface area contributed by atoms with Gasteiger partial charge in [0.05, 0.1) is 0 Å². The van der Waals surface area contributed by atoms with E-state index in [0.717, 1.165) is 5.56 Å². The largest absolute Gasteiger partial charge is 0.480 e. The number of nitrogens with two attached hydrogens (primary N) is 1. The quantitative estimate of drug-likeness (QED) is 0.916. The van der Waals surface area contributed by atoms with Crippen LogP contribution in [0.25, 0.3) is 0 Å². The fourth-order valence-corrected chi connectivity index (χ4v) is 2.23. The molecule has 0 saturated carbocycles. The van der Waals surface area contributed by atoms with Gasteiger partial charge < -0.3 is 10.5 Å². The zero-order chi connectivity index (χ0) is 17.0. The predicted octanol–water partition coefficient (Wildman–Crippen LogP) is 3.60. The Morgan fingerprint density at radius 3 is 2.13 bits per heavy atom. The number of ether oxygens (including phenoxy) is 1. The van der Waals surface area contributed by atoms with Crippen molar-refractivity contribution >= 4 is 5.91 Å². The Balaban J connectivity index is 2.10. The molecule has 2 aromatic carbocycles. The van der Waals surface area contributed by atoms with E-state index in [1.54, 1.807) is 0 Å². The number of rotatable bonds is 5. The second-order valence-corrected chi connectivity index (χ2v) is 6.61. The summed E-state index contributed by atoms with van der Waals surface area (Å²) in [5.74, 6) is -0.485. The van der Waals surface area contributed by atoms with Gasteiger partial charge in [-0.2, -0.15) is 0 Å². The summed E-state index contributed by atoms with van der Waals surface area (Å²) in [5.41, 5.74) is 7.68. The molecule has 4 heteroatoms. The third kappa shape index (κ3) is 4.81. The molecule has 1 atom stereocenters. The molecule has 0 aliphatic carbocycles. The summed E-state index contributed by atoms with van der Waals surface area (Å²) < 4.78 is 18.5. The van der Waals surface area contributed by atoms with Crippen LogP contribution < -0.4 is 10.5 Å². The molecule has 0 heterocycles. The van der Waals surface area contributed by atoms with Crippen molar-refractivity contribution < 1.29 is 13.9 Å². The molecule has 0 saturated heterocycles. The van der Waals surface area contributed by atoms with Gasteiger partial charge in [0.1, 0.15) is 11.6 Å². The van der Waals surface area contributed by atoms with Crippen LogP contribution in [0.1, 0.15) is 31.9 Å². The molecule has 122 valence electrons. The van der Waals surface area contributed by atoms with Crippen LogP contribution in [-0.4, -0.2) is 12.0 Å². The Morgan fingerprint density at radius 2 is 1.65 bits per heavy atom. The molecular weight excluding hydrogens is 293 g/mol. The first-order chi connectivity index (χ1) is 10.8. The summed E-state index contributed by atoms with van der Waals surface area (Å²) >= 11 is 0. The van der Waals surface area contributed by atoms with Crippen LogP contribution in [0.3, 0.4) is 0 Å². The van der Waals surface area contributed by atoms with E-state index >= 15 is 0 Å². The van der Waals surface area contributed by atoms with Crippen molar-refractivity contribution in [2.75, 3.05) is 0 Å². The maximum Gasteiger partial charge on any atom is 0.258 e. The number of carbonyl (C=O) groups excluding carboxylic acids is 1. The van der Waals surface area contributed by atoms with Crippen LogP contribution >= 0.6 is 0 Å². The fourth-order valence-electron chi connectivity index (χ4n) is 2.23. The molecule has 3 nitrogen and oxygen atoms in total. The van der Waals surface area contributed by atoms with Gasteiger partial charge in [0.15, 0.2) is 6.10 Å². The Bertz CT molecular complexity index is 657. The topological polar surface area (TPSA) is 52.3 Å². The molecular formula is C19H22FNO2. The minimum absolute atomic E-state index is 0.0756. The molecule has 1 unspecified atom stereocenters. The maximum absolute atomic E-state index is 12.9. The molecule has 0 aliphatic rings. The zero-order valence-electron chi connectivity index (χ0n) is 13.7. The van der Waals surface area contributed by atoms with E-state index in [2.05, 4.69) is 20.8 Å². The SMILES string of the molecule is CC(C)(C)c1ccc(CC(Oc2ccc(F)cc2)C(N)=O)cc1. The number of hydrogen-bond acceptors (Lipinski definition) is 2. The highest BCUT2D eigenvalue weighted by Gasteiger charge is 2.19. The fraction of sp³-hybridized carbons (Fsp3) is 0.316. The highest BCUT2D eigenvalue weighted by Crippen LogP contribution is 2.23. The average molecular weight is 315 g/mol. The predicted molar refractivity (Wildman–Crippen MR) is 88.9 cm³/mol. The van der Waals surface area contributed by atoms with Crippen molar-refractivity contribution in [1.29, 1.82) is 0 Å². The lowest BCUT2D eigenvalue weighted by atomic mass is 9.86. The lowest BCUT2D eigenvalue weighted by molar-refractivity contribution is -0.124. The van der Waals surface area contributed by atoms with E-state index in [-0.39, 0.29) is 11.2 Å². The smallest absolute Gasteiger partial charge is 0.258 e. The molecule has 0 spiro atoms. The van der Waals surface area contributed by atoms with Crippen LogP contribution in [-0.2, 0) is 16.6 Å². The molecule has 23 heavy (non-hydrogen) atoms. The van der Waals surface area contributed by atoms with Crippen LogP contribution in [0.4, 0.5) is 4.39 Å². The van der Waals surface area contributed by atoms with E-state index in [4.69, 9.17) is 10.5 Å². The van der Waals surface area contributed by atoms with Gasteiger partial charge in [-0.25, -0.2) is 4.39 Å². The zero-order valence-corrected chi connectivity index (χ0v) is 13.7. The van der Waals surface area contributed by atoms with Gasteiger partial charge in [0, 0.05) is 6.42 Å². The van der Waals surface area contributed by atoms with E-state index in [0.29, 0.717) is 12.2 Å². The lowest BCUT2D eigenvalue weighted by Crippen LogP contribution is -2.35. The number of primary amides is 1. The van der Waals surface area contributed by atoms with Gasteiger partial charge in [0.2, 0.25) is 0 Å². The van der Waals surface area contributed by atoms with E-state index in [9.17, 15) is 9.18 Å². The third-order valence-electron chi connectivity index (χ3n) is 3.65. The summed E-state index contributed by atoms with van der Waals surface area (Å²) in [7, 11) is 0. The summed E-state index contributed by atoms with van der Waals surface area (Å²) in [6.07, 6.45) is -0.419. The summed E-state index contributed by atoms with van der Waals surface area (Å²) in [6.45, 7) is 6.43. The summed E-state index contributed by atoms with van der Waals surface area (Å²) in [5, 5.41) is 0. The molecule has 0 aliphatic heterocycles. The van der Waals surface area contributed by atoms with Crippen molar-refractivity contribution in [2.24, 2.45) is 5.73 Å². The number of hydrogen-bond donors (Lipinski definition) is 1. The molecule has 1 amide bonds. The Labute approximate surface area is 136 Å². The molecule has 0 radical (unpaired) electrons. The van der Waals surface area contributed by atoms with Crippen LogP contribution in [0.5, 0.6) is 5.75 Å². The van der Waals surface area contributed by atoms with Gasteiger partial charge in [0.25, 0.3) is 5.91 Å². The van der Waals surface area contributed by atoms with Gasteiger partial charge >= 0.3 is 0 Å². The monoisotopic (exact) mass is 315 g/mol. The van der Waals surface area contributed by atoms with Crippen molar-refractivity contribution in [3.63, 3.8) is 0 Å².